The fraction of sp³-hybridized carbons (Fsp3) is 0.353. The zero-order valence-corrected chi connectivity index (χ0v) is 15.0. The van der Waals surface area contributed by atoms with Crippen molar-refractivity contribution in [3.8, 4) is 0 Å². The van der Waals surface area contributed by atoms with Gasteiger partial charge in [0.25, 0.3) is 0 Å². The Hall–Kier alpha value is -1.72. The van der Waals surface area contributed by atoms with Gasteiger partial charge in [0, 0.05) is 12.6 Å². The number of carbonyl (C=O) groups excluding carboxylic acids is 1. The van der Waals surface area contributed by atoms with Crippen molar-refractivity contribution < 1.29 is 23.9 Å². The predicted octanol–water partition coefficient (Wildman–Crippen LogP) is 2.92. The third-order valence-electron chi connectivity index (χ3n) is 2.97. The Labute approximate surface area is 142 Å². The molecule has 0 saturated heterocycles. The lowest BCUT2D eigenvalue weighted by atomic mass is 10.1. The van der Waals surface area contributed by atoms with E-state index in [4.69, 9.17) is 9.79 Å². The predicted molar refractivity (Wildman–Crippen MR) is 96.8 cm³/mol. The van der Waals surface area contributed by atoms with Crippen LogP contribution in [0.25, 0.3) is 10.8 Å². The summed E-state index contributed by atoms with van der Waals surface area (Å²) in [4.78, 5) is 27.4. The first kappa shape index (κ1) is 22.3. The van der Waals surface area contributed by atoms with Gasteiger partial charge in [-0.25, -0.2) is 0 Å². The number of hydrogen-bond acceptors (Lipinski definition) is 4. The maximum atomic E-state index is 10.5. The Kier molecular flexibility index (Phi) is 11.8. The summed E-state index contributed by atoms with van der Waals surface area (Å²) in [6.45, 7) is 0. The molecule has 0 atom stereocenters. The molecule has 2 rings (SSSR count). The average Bonchev–Trinajstić information content (AvgIpc) is 2.60. The quantitative estimate of drug-likeness (QED) is 0.432. The van der Waals surface area contributed by atoms with E-state index in [2.05, 4.69) is 59.0 Å². The van der Waals surface area contributed by atoms with E-state index in [1.807, 2.05) is 0 Å². The van der Waals surface area contributed by atoms with Crippen LogP contribution < -0.4 is 5.73 Å². The van der Waals surface area contributed by atoms with Gasteiger partial charge in [-0.1, -0.05) is 48.5 Å². The van der Waals surface area contributed by atoms with E-state index in [0.717, 1.165) is 0 Å². The largest absolute Gasteiger partial charge is 0.469 e. The molecular weight excluding hydrogens is 329 g/mol. The second-order valence-corrected chi connectivity index (χ2v) is 6.55. The van der Waals surface area contributed by atoms with Gasteiger partial charge < -0.3 is 20.3 Å². The van der Waals surface area contributed by atoms with E-state index < -0.39 is 7.60 Å². The van der Waals surface area contributed by atoms with Crippen LogP contribution in [0.5, 0.6) is 0 Å². The molecule has 0 aliphatic heterocycles. The van der Waals surface area contributed by atoms with E-state index in [-0.39, 0.29) is 18.6 Å². The summed E-state index contributed by atoms with van der Waals surface area (Å²) >= 11 is 0. The van der Waals surface area contributed by atoms with Gasteiger partial charge in [-0.2, -0.15) is 0 Å². The standard InChI is InChI=1S/C10H8.C6H13O5P.CH5N/c1-2-6-10-8-4-3-7-9(10)5-1;1-11-6(7)4-2-3-5-12(8,9)10;1-2/h1-8H;2-5H2,1H3,(H2,8,9,10);2H2,1H3. The first-order valence-corrected chi connectivity index (χ1v) is 9.35. The fourth-order valence-electron chi connectivity index (χ4n) is 1.82. The second-order valence-electron chi connectivity index (χ2n) is 4.77. The summed E-state index contributed by atoms with van der Waals surface area (Å²) in [5, 5.41) is 2.62. The second kappa shape index (κ2) is 12.7. The topological polar surface area (TPSA) is 110 Å². The zero-order chi connectivity index (χ0) is 18.4. The molecular formula is C17H26NO5P. The number of unbranched alkanes of at least 4 members (excludes halogenated alkanes) is 1. The molecule has 0 spiro atoms. The van der Waals surface area contributed by atoms with Crippen LogP contribution in [0.3, 0.4) is 0 Å². The van der Waals surface area contributed by atoms with E-state index in [9.17, 15) is 9.36 Å². The Morgan fingerprint density at radius 3 is 1.75 bits per heavy atom. The molecule has 0 saturated carbocycles. The molecule has 0 radical (unpaired) electrons. The highest BCUT2D eigenvalue weighted by atomic mass is 31.2. The van der Waals surface area contributed by atoms with Crippen molar-refractivity contribution >= 4 is 24.3 Å². The molecule has 0 aliphatic carbocycles. The van der Waals surface area contributed by atoms with Crippen LogP contribution in [0, 0.1) is 0 Å². The van der Waals surface area contributed by atoms with Crippen molar-refractivity contribution in [2.45, 2.75) is 19.3 Å². The Morgan fingerprint density at radius 2 is 1.42 bits per heavy atom. The lowest BCUT2D eigenvalue weighted by Gasteiger charge is -2.02. The molecule has 134 valence electrons. The SMILES string of the molecule is CN.COC(=O)CCCCP(=O)(O)O.c1ccc2ccccc2c1. The van der Waals surface area contributed by atoms with Gasteiger partial charge >= 0.3 is 13.6 Å². The van der Waals surface area contributed by atoms with Gasteiger partial charge in [0.1, 0.15) is 0 Å². The summed E-state index contributed by atoms with van der Waals surface area (Å²) in [5.74, 6) is -0.347. The summed E-state index contributed by atoms with van der Waals surface area (Å²) in [7, 11) is -1.10. The van der Waals surface area contributed by atoms with Gasteiger partial charge in [0.05, 0.1) is 7.11 Å². The number of nitrogens with two attached hydrogens (primary N) is 1. The van der Waals surface area contributed by atoms with Crippen LogP contribution in [-0.4, -0.2) is 36.1 Å². The van der Waals surface area contributed by atoms with Crippen LogP contribution in [0.4, 0.5) is 0 Å². The van der Waals surface area contributed by atoms with Crippen LogP contribution in [-0.2, 0) is 14.1 Å². The smallest absolute Gasteiger partial charge is 0.325 e. The number of methoxy groups -OCH3 is 1. The lowest BCUT2D eigenvalue weighted by molar-refractivity contribution is -0.140. The minimum absolute atomic E-state index is 0.163. The van der Waals surface area contributed by atoms with Crippen LogP contribution >= 0.6 is 7.60 Å². The van der Waals surface area contributed by atoms with E-state index in [1.54, 1.807) is 0 Å². The fourth-order valence-corrected chi connectivity index (χ4v) is 2.46. The van der Waals surface area contributed by atoms with Crippen LogP contribution in [0.15, 0.2) is 48.5 Å². The highest BCUT2D eigenvalue weighted by Gasteiger charge is 2.11. The van der Waals surface area contributed by atoms with Gasteiger partial charge in [-0.05, 0) is 30.7 Å². The Balaban J connectivity index is 0.000000402. The normalized spacial score (nSPS) is 10.0. The number of hydrogen-bond donors (Lipinski definition) is 3. The number of carbonyl (C=O) groups is 1. The molecule has 0 amide bonds. The molecule has 0 heterocycles. The molecule has 0 aliphatic rings. The van der Waals surface area contributed by atoms with Crippen molar-refractivity contribution in [3.05, 3.63) is 48.5 Å². The maximum absolute atomic E-state index is 10.5. The minimum atomic E-state index is -3.89. The molecule has 6 nitrogen and oxygen atoms in total. The molecule has 7 heteroatoms. The first-order chi connectivity index (χ1) is 11.4. The average molecular weight is 355 g/mol. The monoisotopic (exact) mass is 355 g/mol. The number of benzene rings is 2. The van der Waals surface area contributed by atoms with Crippen molar-refractivity contribution in [2.75, 3.05) is 20.3 Å². The van der Waals surface area contributed by atoms with E-state index in [1.165, 1.54) is 24.9 Å². The third kappa shape index (κ3) is 10.9. The summed E-state index contributed by atoms with van der Waals surface area (Å²) in [6.07, 6.45) is 0.859. The first-order valence-electron chi connectivity index (χ1n) is 7.55. The van der Waals surface area contributed by atoms with Crippen LogP contribution in [0.1, 0.15) is 19.3 Å². The van der Waals surface area contributed by atoms with Gasteiger partial charge in [0.15, 0.2) is 0 Å². The van der Waals surface area contributed by atoms with Gasteiger partial charge in [-0.15, -0.1) is 0 Å². The van der Waals surface area contributed by atoms with Crippen molar-refractivity contribution in [2.24, 2.45) is 5.73 Å². The van der Waals surface area contributed by atoms with Gasteiger partial charge in [-0.3, -0.25) is 9.36 Å². The molecule has 24 heavy (non-hydrogen) atoms. The van der Waals surface area contributed by atoms with Crippen LogP contribution in [0.2, 0.25) is 0 Å². The molecule has 2 aromatic carbocycles. The highest BCUT2D eigenvalue weighted by molar-refractivity contribution is 7.51. The highest BCUT2D eigenvalue weighted by Crippen LogP contribution is 2.35. The number of fused-ring (bicyclic) bond motifs is 1. The minimum Gasteiger partial charge on any atom is -0.469 e. The Bertz CT molecular complexity index is 576. The summed E-state index contributed by atoms with van der Waals surface area (Å²) in [5.41, 5.74) is 4.50. The van der Waals surface area contributed by atoms with Crippen molar-refractivity contribution in [3.63, 3.8) is 0 Å². The number of esters is 1. The Morgan fingerprint density at radius 1 is 1.00 bits per heavy atom. The molecule has 0 unspecified atom stereocenters. The molecule has 4 N–H and O–H groups in total. The van der Waals surface area contributed by atoms with Gasteiger partial charge in [0.2, 0.25) is 0 Å². The number of rotatable bonds is 5. The van der Waals surface area contributed by atoms with Crippen molar-refractivity contribution in [1.29, 1.82) is 0 Å². The van der Waals surface area contributed by atoms with E-state index >= 15 is 0 Å². The third-order valence-corrected chi connectivity index (χ3v) is 3.87. The maximum Gasteiger partial charge on any atom is 0.325 e. The molecule has 0 fully saturated rings. The molecule has 0 bridgehead atoms. The number of ether oxygens (including phenoxy) is 1. The molecule has 2 aromatic rings. The van der Waals surface area contributed by atoms with Crippen molar-refractivity contribution in [1.82, 2.24) is 0 Å². The summed E-state index contributed by atoms with van der Waals surface area (Å²) in [6, 6.07) is 16.7. The summed E-state index contributed by atoms with van der Waals surface area (Å²) < 4.78 is 14.7. The zero-order valence-electron chi connectivity index (χ0n) is 14.1. The lowest BCUT2D eigenvalue weighted by Crippen LogP contribution is -2.00. The molecule has 0 aromatic heterocycles. The van der Waals surface area contributed by atoms with E-state index in [0.29, 0.717) is 12.8 Å².